The Hall–Kier alpha value is -0.660. The summed E-state index contributed by atoms with van der Waals surface area (Å²) < 4.78 is 0. The Bertz CT molecular complexity index is 151. The third-order valence-corrected chi connectivity index (χ3v) is 1.38. The Morgan fingerprint density at radius 1 is 1.20 bits per heavy atom. The highest BCUT2D eigenvalue weighted by molar-refractivity contribution is 6.17. The van der Waals surface area contributed by atoms with Crippen LogP contribution in [0.25, 0.3) is 0 Å². The van der Waals surface area contributed by atoms with Crippen molar-refractivity contribution in [3.8, 4) is 0 Å². The van der Waals surface area contributed by atoms with Gasteiger partial charge >= 0.3 is 0 Å². The quantitative estimate of drug-likeness (QED) is 0.528. The molecule has 0 aromatic rings. The SMILES string of the molecule is CC(C)(C)CC1N=CC=N1. The molecule has 0 amide bonds. The van der Waals surface area contributed by atoms with Crippen LogP contribution in [0.1, 0.15) is 27.2 Å². The minimum Gasteiger partial charge on any atom is -0.265 e. The molecule has 0 unspecified atom stereocenters. The second-order valence-electron chi connectivity index (χ2n) is 3.84. The molecule has 0 fully saturated rings. The molecule has 0 saturated carbocycles. The summed E-state index contributed by atoms with van der Waals surface area (Å²) >= 11 is 0. The summed E-state index contributed by atoms with van der Waals surface area (Å²) in [6.07, 6.45) is 4.78. The lowest BCUT2D eigenvalue weighted by Gasteiger charge is -2.19. The zero-order valence-electron chi connectivity index (χ0n) is 6.83. The maximum absolute atomic E-state index is 4.17. The van der Waals surface area contributed by atoms with Crippen LogP contribution >= 0.6 is 0 Å². The lowest BCUT2D eigenvalue weighted by molar-refractivity contribution is 0.347. The summed E-state index contributed by atoms with van der Waals surface area (Å²) in [7, 11) is 0. The van der Waals surface area contributed by atoms with Gasteiger partial charge in [-0.15, -0.1) is 0 Å². The zero-order chi connectivity index (χ0) is 7.61. The Kier molecular flexibility index (Phi) is 1.88. The molecule has 10 heavy (non-hydrogen) atoms. The van der Waals surface area contributed by atoms with Gasteiger partial charge in [0.05, 0.1) is 0 Å². The minimum atomic E-state index is 0.194. The van der Waals surface area contributed by atoms with E-state index in [1.54, 1.807) is 12.4 Å². The third-order valence-electron chi connectivity index (χ3n) is 1.38. The van der Waals surface area contributed by atoms with E-state index < -0.39 is 0 Å². The lowest BCUT2D eigenvalue weighted by Crippen LogP contribution is -2.12. The monoisotopic (exact) mass is 138 g/mol. The van der Waals surface area contributed by atoms with Crippen molar-refractivity contribution in [2.45, 2.75) is 33.4 Å². The zero-order valence-corrected chi connectivity index (χ0v) is 6.83. The molecule has 0 aliphatic carbocycles. The van der Waals surface area contributed by atoms with Gasteiger partial charge < -0.3 is 0 Å². The molecule has 1 aliphatic heterocycles. The van der Waals surface area contributed by atoms with Crippen molar-refractivity contribution >= 4 is 12.4 Å². The van der Waals surface area contributed by atoms with Gasteiger partial charge in [-0.05, 0) is 11.8 Å². The topological polar surface area (TPSA) is 24.7 Å². The highest BCUT2D eigenvalue weighted by Crippen LogP contribution is 2.23. The van der Waals surface area contributed by atoms with Gasteiger partial charge in [-0.3, -0.25) is 9.98 Å². The van der Waals surface area contributed by atoms with Gasteiger partial charge in [0.1, 0.15) is 6.17 Å². The van der Waals surface area contributed by atoms with Crippen molar-refractivity contribution in [3.63, 3.8) is 0 Å². The second kappa shape index (κ2) is 2.52. The molecule has 0 atom stereocenters. The van der Waals surface area contributed by atoms with E-state index in [0.29, 0.717) is 5.41 Å². The molecule has 0 N–H and O–H groups in total. The maximum atomic E-state index is 4.17. The van der Waals surface area contributed by atoms with Gasteiger partial charge in [-0.1, -0.05) is 20.8 Å². The van der Waals surface area contributed by atoms with Crippen molar-refractivity contribution in [1.29, 1.82) is 0 Å². The second-order valence-corrected chi connectivity index (χ2v) is 3.84. The standard InChI is InChI=1S/C8H14N2/c1-8(2,3)6-7-9-4-5-10-7/h4-5,7H,6H2,1-3H3. The van der Waals surface area contributed by atoms with Gasteiger partial charge in [-0.25, -0.2) is 0 Å². The summed E-state index contributed by atoms with van der Waals surface area (Å²) in [4.78, 5) is 8.35. The van der Waals surface area contributed by atoms with Crippen LogP contribution < -0.4 is 0 Å². The summed E-state index contributed by atoms with van der Waals surface area (Å²) in [6.45, 7) is 6.61. The van der Waals surface area contributed by atoms with Crippen LogP contribution in [0, 0.1) is 5.41 Å². The summed E-state index contributed by atoms with van der Waals surface area (Å²) in [5.74, 6) is 0. The number of nitrogens with zero attached hydrogens (tertiary/aromatic N) is 2. The van der Waals surface area contributed by atoms with Crippen molar-refractivity contribution in [3.05, 3.63) is 0 Å². The number of hydrogen-bond acceptors (Lipinski definition) is 2. The number of rotatable bonds is 1. The summed E-state index contributed by atoms with van der Waals surface area (Å²) in [6, 6.07) is 0. The van der Waals surface area contributed by atoms with Crippen molar-refractivity contribution in [1.82, 2.24) is 0 Å². The van der Waals surface area contributed by atoms with E-state index in [1.165, 1.54) is 0 Å². The van der Waals surface area contributed by atoms with Gasteiger partial charge in [0.15, 0.2) is 0 Å². The van der Waals surface area contributed by atoms with Gasteiger partial charge in [0.2, 0.25) is 0 Å². The van der Waals surface area contributed by atoms with E-state index in [-0.39, 0.29) is 6.17 Å². The molecular weight excluding hydrogens is 124 g/mol. The Morgan fingerprint density at radius 3 is 2.10 bits per heavy atom. The fourth-order valence-electron chi connectivity index (χ4n) is 0.967. The molecule has 0 bridgehead atoms. The van der Waals surface area contributed by atoms with Gasteiger partial charge in [0, 0.05) is 12.4 Å². The van der Waals surface area contributed by atoms with E-state index in [2.05, 4.69) is 30.8 Å². The van der Waals surface area contributed by atoms with E-state index >= 15 is 0 Å². The van der Waals surface area contributed by atoms with Crippen LogP contribution in [0.5, 0.6) is 0 Å². The molecule has 0 spiro atoms. The highest BCUT2D eigenvalue weighted by atomic mass is 15.0. The molecule has 2 nitrogen and oxygen atoms in total. The first kappa shape index (κ1) is 7.45. The smallest absolute Gasteiger partial charge is 0.140 e. The molecule has 0 aromatic carbocycles. The Morgan fingerprint density at radius 2 is 1.70 bits per heavy atom. The molecule has 1 rings (SSSR count). The molecular formula is C8H14N2. The Balaban J connectivity index is 2.40. The van der Waals surface area contributed by atoms with Crippen LogP contribution in [0.2, 0.25) is 0 Å². The maximum Gasteiger partial charge on any atom is 0.140 e. The Labute approximate surface area is 62.1 Å². The fraction of sp³-hybridized carbons (Fsp3) is 0.750. The number of hydrogen-bond donors (Lipinski definition) is 0. The molecule has 0 saturated heterocycles. The van der Waals surface area contributed by atoms with E-state index in [9.17, 15) is 0 Å². The minimum absolute atomic E-state index is 0.194. The van der Waals surface area contributed by atoms with Crippen LogP contribution in [-0.2, 0) is 0 Å². The van der Waals surface area contributed by atoms with Gasteiger partial charge in [0.25, 0.3) is 0 Å². The van der Waals surface area contributed by atoms with Gasteiger partial charge in [-0.2, -0.15) is 0 Å². The molecule has 0 radical (unpaired) electrons. The van der Waals surface area contributed by atoms with E-state index in [4.69, 9.17) is 0 Å². The van der Waals surface area contributed by atoms with E-state index in [1.807, 2.05) is 0 Å². The predicted molar refractivity (Wildman–Crippen MR) is 44.8 cm³/mol. The normalized spacial score (nSPS) is 18.7. The fourth-order valence-corrected chi connectivity index (χ4v) is 0.967. The molecule has 1 aliphatic rings. The third kappa shape index (κ3) is 2.29. The first-order valence-electron chi connectivity index (χ1n) is 3.63. The number of aliphatic imine (C=N–C) groups is 2. The van der Waals surface area contributed by atoms with Crippen LogP contribution in [-0.4, -0.2) is 18.6 Å². The first-order chi connectivity index (χ1) is 4.58. The van der Waals surface area contributed by atoms with Crippen molar-refractivity contribution in [2.24, 2.45) is 15.4 Å². The average Bonchev–Trinajstić information content (AvgIpc) is 2.12. The summed E-state index contributed by atoms with van der Waals surface area (Å²) in [5.41, 5.74) is 0.337. The molecule has 2 heteroatoms. The molecule has 0 aromatic heterocycles. The van der Waals surface area contributed by atoms with Crippen molar-refractivity contribution in [2.75, 3.05) is 0 Å². The van der Waals surface area contributed by atoms with Crippen LogP contribution in [0.4, 0.5) is 0 Å². The molecule has 1 heterocycles. The highest BCUT2D eigenvalue weighted by Gasteiger charge is 2.17. The average molecular weight is 138 g/mol. The predicted octanol–water partition coefficient (Wildman–Crippen LogP) is 1.90. The lowest BCUT2D eigenvalue weighted by atomic mass is 9.91. The van der Waals surface area contributed by atoms with Crippen LogP contribution in [0.15, 0.2) is 9.98 Å². The van der Waals surface area contributed by atoms with E-state index in [0.717, 1.165) is 6.42 Å². The van der Waals surface area contributed by atoms with Crippen LogP contribution in [0.3, 0.4) is 0 Å². The first-order valence-corrected chi connectivity index (χ1v) is 3.63. The largest absolute Gasteiger partial charge is 0.265 e. The summed E-state index contributed by atoms with van der Waals surface area (Å²) in [5, 5.41) is 0. The van der Waals surface area contributed by atoms with Crippen molar-refractivity contribution < 1.29 is 0 Å². The molecule has 56 valence electrons.